The van der Waals surface area contributed by atoms with Crippen LogP contribution in [0, 0.1) is 6.92 Å². The van der Waals surface area contributed by atoms with Gasteiger partial charge in [-0.25, -0.2) is 8.42 Å². The van der Waals surface area contributed by atoms with Gasteiger partial charge in [0.05, 0.1) is 17.6 Å². The Balaban J connectivity index is 1.86. The number of anilines is 2. The minimum absolute atomic E-state index is 0.343. The summed E-state index contributed by atoms with van der Waals surface area (Å²) in [5, 5.41) is 2.84. The van der Waals surface area contributed by atoms with E-state index in [-0.39, 0.29) is 5.91 Å². The number of rotatable bonds is 6. The Hall–Kier alpha value is -3.32. The highest BCUT2D eigenvalue weighted by Gasteiger charge is 2.17. The first kappa shape index (κ1) is 20.4. The van der Waals surface area contributed by atoms with Crippen LogP contribution in [0.15, 0.2) is 72.8 Å². The zero-order valence-corrected chi connectivity index (χ0v) is 17.2. The highest BCUT2D eigenvalue weighted by atomic mass is 32.2. The van der Waals surface area contributed by atoms with Crippen molar-refractivity contribution in [3.63, 3.8) is 0 Å². The van der Waals surface area contributed by atoms with E-state index in [4.69, 9.17) is 4.74 Å². The average Bonchev–Trinajstić information content (AvgIpc) is 2.69. The lowest BCUT2D eigenvalue weighted by Crippen LogP contribution is -2.26. The van der Waals surface area contributed by atoms with E-state index in [1.54, 1.807) is 43.3 Å². The average molecular weight is 410 g/mol. The molecule has 6 nitrogen and oxygen atoms in total. The number of hydrogen-bond acceptors (Lipinski definition) is 4. The smallest absolute Gasteiger partial charge is 0.255 e. The van der Waals surface area contributed by atoms with Gasteiger partial charge in [0.25, 0.3) is 5.91 Å². The maximum absolute atomic E-state index is 12.8. The van der Waals surface area contributed by atoms with E-state index in [1.165, 1.54) is 7.05 Å². The van der Waals surface area contributed by atoms with Crippen LogP contribution in [-0.4, -0.2) is 27.6 Å². The standard InChI is InChI=1S/C22H22N2O4S/c1-16-13-14-17(15-20(16)24(2)29(3,26)27)22(25)23-19-11-7-8-12-21(19)28-18-9-5-4-6-10-18/h4-15H,1-3H3,(H,23,25). The Morgan fingerprint density at radius 2 is 1.62 bits per heavy atom. The van der Waals surface area contributed by atoms with Crippen LogP contribution in [0.2, 0.25) is 0 Å². The molecular formula is C22H22N2O4S. The molecular weight excluding hydrogens is 388 g/mol. The molecule has 0 aliphatic heterocycles. The van der Waals surface area contributed by atoms with Crippen LogP contribution in [0.4, 0.5) is 11.4 Å². The van der Waals surface area contributed by atoms with Crippen LogP contribution in [0.1, 0.15) is 15.9 Å². The number of nitrogens with one attached hydrogen (secondary N) is 1. The number of aryl methyl sites for hydroxylation is 1. The van der Waals surface area contributed by atoms with Gasteiger partial charge in [-0.2, -0.15) is 0 Å². The van der Waals surface area contributed by atoms with Gasteiger partial charge in [-0.05, 0) is 48.9 Å². The summed E-state index contributed by atoms with van der Waals surface area (Å²) >= 11 is 0. The van der Waals surface area contributed by atoms with Gasteiger partial charge in [-0.1, -0.05) is 36.4 Å². The molecule has 0 unspecified atom stereocenters. The van der Waals surface area contributed by atoms with Gasteiger partial charge in [0.2, 0.25) is 10.0 Å². The lowest BCUT2D eigenvalue weighted by molar-refractivity contribution is 0.102. The molecule has 29 heavy (non-hydrogen) atoms. The van der Waals surface area contributed by atoms with Crippen molar-refractivity contribution in [2.24, 2.45) is 0 Å². The lowest BCUT2D eigenvalue weighted by Gasteiger charge is -2.20. The molecule has 0 aliphatic carbocycles. The first-order valence-electron chi connectivity index (χ1n) is 8.93. The first-order valence-corrected chi connectivity index (χ1v) is 10.8. The van der Waals surface area contributed by atoms with Crippen molar-refractivity contribution in [2.45, 2.75) is 6.92 Å². The van der Waals surface area contributed by atoms with Crippen LogP contribution >= 0.6 is 0 Å². The number of sulfonamides is 1. The summed E-state index contributed by atoms with van der Waals surface area (Å²) in [5.74, 6) is 0.798. The fourth-order valence-corrected chi connectivity index (χ4v) is 3.29. The molecule has 150 valence electrons. The van der Waals surface area contributed by atoms with Gasteiger partial charge in [-0.15, -0.1) is 0 Å². The Kier molecular flexibility index (Phi) is 5.89. The second-order valence-corrected chi connectivity index (χ2v) is 8.61. The normalized spacial score (nSPS) is 11.0. The van der Waals surface area contributed by atoms with E-state index in [0.717, 1.165) is 16.1 Å². The van der Waals surface area contributed by atoms with E-state index in [2.05, 4.69) is 5.32 Å². The van der Waals surface area contributed by atoms with Crippen molar-refractivity contribution in [1.29, 1.82) is 0 Å². The van der Waals surface area contributed by atoms with Gasteiger partial charge in [0.1, 0.15) is 5.75 Å². The van der Waals surface area contributed by atoms with Crippen molar-refractivity contribution in [3.8, 4) is 11.5 Å². The molecule has 0 spiro atoms. The molecule has 0 saturated heterocycles. The Morgan fingerprint density at radius 3 is 2.31 bits per heavy atom. The summed E-state index contributed by atoms with van der Waals surface area (Å²) in [6.45, 7) is 1.79. The molecule has 0 saturated carbocycles. The van der Waals surface area contributed by atoms with Crippen LogP contribution in [0.5, 0.6) is 11.5 Å². The van der Waals surface area contributed by atoms with E-state index < -0.39 is 10.0 Å². The fraction of sp³-hybridized carbons (Fsp3) is 0.136. The zero-order valence-electron chi connectivity index (χ0n) is 16.4. The van der Waals surface area contributed by atoms with Crippen molar-refractivity contribution >= 4 is 27.3 Å². The third-order valence-corrected chi connectivity index (χ3v) is 5.61. The molecule has 3 aromatic rings. The highest BCUT2D eigenvalue weighted by molar-refractivity contribution is 7.92. The van der Waals surface area contributed by atoms with Gasteiger partial charge >= 0.3 is 0 Å². The molecule has 0 atom stereocenters. The van der Waals surface area contributed by atoms with Crippen molar-refractivity contribution < 1.29 is 17.9 Å². The molecule has 1 amide bonds. The van der Waals surface area contributed by atoms with Crippen molar-refractivity contribution in [1.82, 2.24) is 0 Å². The lowest BCUT2D eigenvalue weighted by atomic mass is 10.1. The summed E-state index contributed by atoms with van der Waals surface area (Å²) in [6.07, 6.45) is 1.12. The van der Waals surface area contributed by atoms with Crippen molar-refractivity contribution in [3.05, 3.63) is 83.9 Å². The maximum Gasteiger partial charge on any atom is 0.255 e. The monoisotopic (exact) mass is 410 g/mol. The highest BCUT2D eigenvalue weighted by Crippen LogP contribution is 2.30. The molecule has 3 rings (SSSR count). The van der Waals surface area contributed by atoms with E-state index in [1.807, 2.05) is 36.4 Å². The van der Waals surface area contributed by atoms with Gasteiger partial charge in [-0.3, -0.25) is 9.10 Å². The van der Waals surface area contributed by atoms with Crippen LogP contribution in [0.3, 0.4) is 0 Å². The van der Waals surface area contributed by atoms with Gasteiger partial charge < -0.3 is 10.1 Å². The van der Waals surface area contributed by atoms with E-state index in [0.29, 0.717) is 28.4 Å². The third-order valence-electron chi connectivity index (χ3n) is 4.41. The largest absolute Gasteiger partial charge is 0.455 e. The minimum atomic E-state index is -3.44. The number of carbonyl (C=O) groups is 1. The summed E-state index contributed by atoms with van der Waals surface area (Å²) in [5.41, 5.74) is 2.06. The molecule has 0 heterocycles. The van der Waals surface area contributed by atoms with Gasteiger partial charge in [0, 0.05) is 12.6 Å². The molecule has 0 radical (unpaired) electrons. The van der Waals surface area contributed by atoms with Crippen molar-refractivity contribution in [2.75, 3.05) is 22.9 Å². The molecule has 0 aromatic heterocycles. The molecule has 7 heteroatoms. The summed E-state index contributed by atoms with van der Waals surface area (Å²) < 4.78 is 30.8. The summed E-state index contributed by atoms with van der Waals surface area (Å²) in [7, 11) is -1.98. The number of nitrogens with zero attached hydrogens (tertiary/aromatic N) is 1. The third kappa shape index (κ3) is 4.94. The number of ether oxygens (including phenoxy) is 1. The SMILES string of the molecule is Cc1ccc(C(=O)Nc2ccccc2Oc2ccccc2)cc1N(C)S(C)(=O)=O. The molecule has 0 fully saturated rings. The fourth-order valence-electron chi connectivity index (χ4n) is 2.74. The van der Waals surface area contributed by atoms with E-state index in [9.17, 15) is 13.2 Å². The number of benzene rings is 3. The Morgan fingerprint density at radius 1 is 0.966 bits per heavy atom. The number of hydrogen-bond donors (Lipinski definition) is 1. The number of amides is 1. The topological polar surface area (TPSA) is 75.7 Å². The molecule has 3 aromatic carbocycles. The first-order chi connectivity index (χ1) is 13.8. The molecule has 1 N–H and O–H groups in total. The quantitative estimate of drug-likeness (QED) is 0.652. The van der Waals surface area contributed by atoms with Gasteiger partial charge in [0.15, 0.2) is 5.75 Å². The second-order valence-electron chi connectivity index (χ2n) is 6.60. The van der Waals surface area contributed by atoms with E-state index >= 15 is 0 Å². The minimum Gasteiger partial charge on any atom is -0.455 e. The Bertz CT molecular complexity index is 1130. The second kappa shape index (κ2) is 8.36. The number of para-hydroxylation sites is 3. The van der Waals surface area contributed by atoms with Crippen LogP contribution < -0.4 is 14.4 Å². The predicted molar refractivity (Wildman–Crippen MR) is 115 cm³/mol. The number of carbonyl (C=O) groups excluding carboxylic acids is 1. The summed E-state index contributed by atoms with van der Waals surface area (Å²) in [6, 6.07) is 21.3. The molecule has 0 aliphatic rings. The maximum atomic E-state index is 12.8. The summed E-state index contributed by atoms with van der Waals surface area (Å²) in [4.78, 5) is 12.8. The zero-order chi connectivity index (χ0) is 21.0. The predicted octanol–water partition coefficient (Wildman–Crippen LogP) is 4.44. The molecule has 0 bridgehead atoms. The Labute approximate surface area is 170 Å². The van der Waals surface area contributed by atoms with Crippen LogP contribution in [-0.2, 0) is 10.0 Å². The van der Waals surface area contributed by atoms with Crippen LogP contribution in [0.25, 0.3) is 0 Å².